The van der Waals surface area contributed by atoms with E-state index in [0.717, 1.165) is 8.26 Å². The fraction of sp³-hybridized carbons (Fsp3) is 0.333. The normalized spacial score (nSPS) is 12.2. The summed E-state index contributed by atoms with van der Waals surface area (Å²) in [6.07, 6.45) is 0. The van der Waals surface area contributed by atoms with Crippen LogP contribution in [0.4, 0.5) is 0 Å². The lowest BCUT2D eigenvalue weighted by Crippen LogP contribution is -2.30. The van der Waals surface area contributed by atoms with Crippen molar-refractivity contribution in [3.05, 3.63) is 19.2 Å². The number of carbonyl (C=O) groups is 2. The monoisotopic (exact) mass is 369 g/mol. The Balaban J connectivity index is 2.56. The van der Waals surface area contributed by atoms with Gasteiger partial charge in [0.15, 0.2) is 0 Å². The van der Waals surface area contributed by atoms with E-state index in [-0.39, 0.29) is 12.5 Å². The minimum atomic E-state index is -0.922. The average Bonchev–Trinajstić information content (AvgIpc) is 2.55. The van der Waals surface area contributed by atoms with E-state index >= 15 is 0 Å². The van der Waals surface area contributed by atoms with E-state index in [1.165, 1.54) is 11.3 Å². The van der Waals surface area contributed by atoms with Crippen molar-refractivity contribution < 1.29 is 14.7 Å². The second-order valence-corrected chi connectivity index (χ2v) is 6.41. The van der Waals surface area contributed by atoms with Gasteiger partial charge in [-0.1, -0.05) is 6.92 Å². The van der Waals surface area contributed by atoms with E-state index in [0.29, 0.717) is 4.88 Å². The summed E-state index contributed by atoms with van der Waals surface area (Å²) in [4.78, 5) is 22.7. The van der Waals surface area contributed by atoms with Crippen molar-refractivity contribution >= 4 is 55.1 Å². The number of rotatable bonds is 4. The molecule has 16 heavy (non-hydrogen) atoms. The molecule has 1 rings (SSSR count). The van der Waals surface area contributed by atoms with Crippen LogP contribution in [-0.4, -0.2) is 23.5 Å². The van der Waals surface area contributed by atoms with Crippen LogP contribution in [0.3, 0.4) is 0 Å². The molecule has 1 aromatic heterocycles. The van der Waals surface area contributed by atoms with Crippen molar-refractivity contribution in [3.8, 4) is 0 Å². The summed E-state index contributed by atoms with van der Waals surface area (Å²) in [5.41, 5.74) is 0. The predicted octanol–water partition coefficient (Wildman–Crippen LogP) is 2.72. The first kappa shape index (κ1) is 13.7. The van der Waals surface area contributed by atoms with Crippen LogP contribution in [0.1, 0.15) is 16.6 Å². The van der Waals surface area contributed by atoms with Crippen LogP contribution in [0.15, 0.2) is 14.3 Å². The van der Waals surface area contributed by atoms with Gasteiger partial charge >= 0.3 is 5.97 Å². The lowest BCUT2D eigenvalue weighted by atomic mass is 10.2. The number of carboxylic acids is 1. The number of carboxylic acid groups (broad SMARTS) is 1. The molecule has 1 unspecified atom stereocenters. The van der Waals surface area contributed by atoms with Gasteiger partial charge < -0.3 is 10.4 Å². The summed E-state index contributed by atoms with van der Waals surface area (Å²) in [5.74, 6) is -1.77. The maximum Gasteiger partial charge on any atom is 0.308 e. The third-order valence-corrected chi connectivity index (χ3v) is 5.11. The van der Waals surface area contributed by atoms with Gasteiger partial charge in [-0.2, -0.15) is 0 Å². The van der Waals surface area contributed by atoms with Crippen molar-refractivity contribution in [2.45, 2.75) is 6.92 Å². The smallest absolute Gasteiger partial charge is 0.308 e. The molecule has 0 fully saturated rings. The van der Waals surface area contributed by atoms with Gasteiger partial charge in [0.2, 0.25) is 0 Å². The van der Waals surface area contributed by atoms with E-state index in [4.69, 9.17) is 5.11 Å². The first-order valence-electron chi connectivity index (χ1n) is 4.37. The average molecular weight is 371 g/mol. The first-order valence-corrected chi connectivity index (χ1v) is 6.78. The van der Waals surface area contributed by atoms with Crippen LogP contribution in [0.2, 0.25) is 0 Å². The summed E-state index contributed by atoms with van der Waals surface area (Å²) in [6.45, 7) is 1.67. The van der Waals surface area contributed by atoms with Crippen LogP contribution in [0, 0.1) is 5.92 Å². The van der Waals surface area contributed by atoms with Gasteiger partial charge in [-0.25, -0.2) is 0 Å². The predicted molar refractivity (Wildman–Crippen MR) is 68.9 cm³/mol. The van der Waals surface area contributed by atoms with E-state index in [9.17, 15) is 9.59 Å². The Morgan fingerprint density at radius 2 is 2.19 bits per heavy atom. The number of carbonyl (C=O) groups excluding carboxylic acids is 1. The van der Waals surface area contributed by atoms with Gasteiger partial charge in [-0.05, 0) is 37.9 Å². The molecule has 0 saturated carbocycles. The molecule has 1 amide bonds. The summed E-state index contributed by atoms with van der Waals surface area (Å²) in [6, 6.07) is 1.69. The SMILES string of the molecule is CC(CNC(=O)c1cc(Br)c(Br)s1)C(=O)O. The van der Waals surface area contributed by atoms with Crippen molar-refractivity contribution in [2.75, 3.05) is 6.54 Å². The second-order valence-electron chi connectivity index (χ2n) is 3.18. The molecule has 7 heteroatoms. The lowest BCUT2D eigenvalue weighted by Gasteiger charge is -2.06. The highest BCUT2D eigenvalue weighted by molar-refractivity contribution is 9.13. The van der Waals surface area contributed by atoms with Gasteiger partial charge in [0.1, 0.15) is 0 Å². The Morgan fingerprint density at radius 3 is 2.62 bits per heavy atom. The van der Waals surface area contributed by atoms with Crippen molar-refractivity contribution in [3.63, 3.8) is 0 Å². The number of hydrogen-bond donors (Lipinski definition) is 2. The molecule has 0 aromatic carbocycles. The molecule has 0 spiro atoms. The molecule has 88 valence electrons. The number of thiophene rings is 1. The fourth-order valence-electron chi connectivity index (χ4n) is 0.879. The molecule has 1 heterocycles. The highest BCUT2D eigenvalue weighted by Crippen LogP contribution is 2.32. The van der Waals surface area contributed by atoms with Crippen LogP contribution >= 0.6 is 43.2 Å². The molecule has 0 aliphatic heterocycles. The summed E-state index contributed by atoms with van der Waals surface area (Å²) in [7, 11) is 0. The third kappa shape index (κ3) is 3.57. The Hall–Kier alpha value is -0.400. The molecule has 2 N–H and O–H groups in total. The first-order chi connectivity index (χ1) is 7.41. The number of halogens is 2. The van der Waals surface area contributed by atoms with E-state index in [2.05, 4.69) is 37.2 Å². The van der Waals surface area contributed by atoms with E-state index in [1.807, 2.05) is 0 Å². The van der Waals surface area contributed by atoms with Gasteiger partial charge in [0.25, 0.3) is 5.91 Å². The highest BCUT2D eigenvalue weighted by atomic mass is 79.9. The maximum absolute atomic E-state index is 11.6. The van der Waals surface area contributed by atoms with Crippen LogP contribution in [-0.2, 0) is 4.79 Å². The summed E-state index contributed by atoms with van der Waals surface area (Å²) >= 11 is 7.86. The fourth-order valence-corrected chi connectivity index (χ4v) is 2.83. The lowest BCUT2D eigenvalue weighted by molar-refractivity contribution is -0.140. The quantitative estimate of drug-likeness (QED) is 0.856. The van der Waals surface area contributed by atoms with Gasteiger partial charge in [-0.15, -0.1) is 11.3 Å². The standard InChI is InChI=1S/C9H9Br2NO3S/c1-4(9(14)15)3-12-8(13)6-2-5(10)7(11)16-6/h2,4H,3H2,1H3,(H,12,13)(H,14,15). The molecule has 4 nitrogen and oxygen atoms in total. The Labute approximate surface area is 113 Å². The van der Waals surface area contributed by atoms with Gasteiger partial charge in [0, 0.05) is 11.0 Å². The Bertz CT molecular complexity index is 399. The van der Waals surface area contributed by atoms with Gasteiger partial charge in [-0.3, -0.25) is 9.59 Å². The Morgan fingerprint density at radius 1 is 1.56 bits per heavy atom. The number of nitrogens with one attached hydrogen (secondary N) is 1. The molecule has 0 aliphatic rings. The minimum absolute atomic E-state index is 0.126. The van der Waals surface area contributed by atoms with E-state index in [1.54, 1.807) is 13.0 Å². The van der Waals surface area contributed by atoms with Crippen LogP contribution in [0.25, 0.3) is 0 Å². The second kappa shape index (κ2) is 5.79. The zero-order valence-electron chi connectivity index (χ0n) is 8.29. The molecule has 0 bridgehead atoms. The molecule has 0 saturated heterocycles. The van der Waals surface area contributed by atoms with Crippen LogP contribution < -0.4 is 5.32 Å². The molecule has 1 atom stereocenters. The Kier molecular flexibility index (Phi) is 4.94. The topological polar surface area (TPSA) is 66.4 Å². The number of hydrogen-bond acceptors (Lipinski definition) is 3. The highest BCUT2D eigenvalue weighted by Gasteiger charge is 2.15. The third-order valence-electron chi connectivity index (χ3n) is 1.86. The van der Waals surface area contributed by atoms with E-state index < -0.39 is 11.9 Å². The minimum Gasteiger partial charge on any atom is -0.481 e. The zero-order valence-corrected chi connectivity index (χ0v) is 12.3. The van der Waals surface area contributed by atoms with Crippen molar-refractivity contribution in [2.24, 2.45) is 5.92 Å². The van der Waals surface area contributed by atoms with Crippen molar-refractivity contribution in [1.29, 1.82) is 0 Å². The largest absolute Gasteiger partial charge is 0.481 e. The summed E-state index contributed by atoms with van der Waals surface area (Å²) in [5, 5.41) is 11.2. The zero-order chi connectivity index (χ0) is 12.3. The van der Waals surface area contributed by atoms with Crippen molar-refractivity contribution in [1.82, 2.24) is 5.32 Å². The molecule has 0 radical (unpaired) electrons. The molecular weight excluding hydrogens is 362 g/mol. The summed E-state index contributed by atoms with van der Waals surface area (Å²) < 4.78 is 1.65. The van der Waals surface area contributed by atoms with Gasteiger partial charge in [0.05, 0.1) is 14.6 Å². The maximum atomic E-state index is 11.6. The number of amides is 1. The van der Waals surface area contributed by atoms with Crippen LogP contribution in [0.5, 0.6) is 0 Å². The molecule has 1 aromatic rings. The molecule has 0 aliphatic carbocycles. The molecular formula is C9H9Br2NO3S. The number of aliphatic carboxylic acids is 1.